The van der Waals surface area contributed by atoms with Crippen LogP contribution in [0, 0.1) is 0 Å². The van der Waals surface area contributed by atoms with E-state index in [0.717, 1.165) is 12.8 Å². The van der Waals surface area contributed by atoms with Crippen molar-refractivity contribution in [3.8, 4) is 0 Å². The number of benzene rings is 1. The summed E-state index contributed by atoms with van der Waals surface area (Å²) in [5, 5.41) is 0. The summed E-state index contributed by atoms with van der Waals surface area (Å²) in [4.78, 5) is 0.347. The van der Waals surface area contributed by atoms with E-state index in [0.29, 0.717) is 17.9 Å². The predicted molar refractivity (Wildman–Crippen MR) is 78.5 cm³/mol. The standard InChI is InChI=1S/C14H24N2O2S/c1-4-5-13-6-8-14(9-7-13)19(17,18)16(3)11-10-12(2)15/h6-9,12H,4-5,10-11,15H2,1-3H3. The monoisotopic (exact) mass is 284 g/mol. The minimum Gasteiger partial charge on any atom is -0.328 e. The van der Waals surface area contributed by atoms with E-state index in [1.165, 1.54) is 9.87 Å². The number of rotatable bonds is 7. The van der Waals surface area contributed by atoms with E-state index in [-0.39, 0.29) is 6.04 Å². The van der Waals surface area contributed by atoms with Crippen LogP contribution in [0.25, 0.3) is 0 Å². The molecule has 0 aliphatic rings. The van der Waals surface area contributed by atoms with Crippen molar-refractivity contribution in [2.45, 2.75) is 44.0 Å². The van der Waals surface area contributed by atoms with Crippen molar-refractivity contribution in [1.29, 1.82) is 0 Å². The van der Waals surface area contributed by atoms with Gasteiger partial charge in [-0.15, -0.1) is 0 Å². The molecular weight excluding hydrogens is 260 g/mol. The maximum Gasteiger partial charge on any atom is 0.242 e. The molecule has 1 unspecified atom stereocenters. The van der Waals surface area contributed by atoms with Crippen LogP contribution in [0.2, 0.25) is 0 Å². The molecule has 0 saturated carbocycles. The van der Waals surface area contributed by atoms with Gasteiger partial charge in [0.05, 0.1) is 4.90 Å². The average Bonchev–Trinajstić information content (AvgIpc) is 2.36. The van der Waals surface area contributed by atoms with Crippen LogP contribution in [0.1, 0.15) is 32.3 Å². The normalized spacial score (nSPS) is 13.7. The molecule has 5 heteroatoms. The fraction of sp³-hybridized carbons (Fsp3) is 0.571. The molecule has 0 aliphatic carbocycles. The minimum absolute atomic E-state index is 0.00424. The Hall–Kier alpha value is -0.910. The van der Waals surface area contributed by atoms with Crippen molar-refractivity contribution in [2.24, 2.45) is 5.73 Å². The Kier molecular flexibility index (Phi) is 5.97. The number of nitrogens with zero attached hydrogens (tertiary/aromatic N) is 1. The quantitative estimate of drug-likeness (QED) is 0.833. The molecule has 2 N–H and O–H groups in total. The highest BCUT2D eigenvalue weighted by atomic mass is 32.2. The van der Waals surface area contributed by atoms with E-state index >= 15 is 0 Å². The molecule has 0 bridgehead atoms. The molecule has 0 radical (unpaired) electrons. The molecular formula is C14H24N2O2S. The van der Waals surface area contributed by atoms with Gasteiger partial charge in [-0.05, 0) is 37.5 Å². The second-order valence-corrected chi connectivity index (χ2v) is 7.03. The zero-order valence-corrected chi connectivity index (χ0v) is 12.8. The van der Waals surface area contributed by atoms with E-state index in [9.17, 15) is 8.42 Å². The average molecular weight is 284 g/mol. The third kappa shape index (κ3) is 4.60. The lowest BCUT2D eigenvalue weighted by Gasteiger charge is -2.18. The van der Waals surface area contributed by atoms with Crippen LogP contribution in [-0.2, 0) is 16.4 Å². The van der Waals surface area contributed by atoms with Gasteiger partial charge in [-0.3, -0.25) is 0 Å². The molecule has 0 fully saturated rings. The number of hydrogen-bond acceptors (Lipinski definition) is 3. The highest BCUT2D eigenvalue weighted by molar-refractivity contribution is 7.89. The van der Waals surface area contributed by atoms with Gasteiger partial charge >= 0.3 is 0 Å². The van der Waals surface area contributed by atoms with E-state index in [1.54, 1.807) is 19.2 Å². The largest absolute Gasteiger partial charge is 0.328 e. The number of nitrogens with two attached hydrogens (primary N) is 1. The summed E-state index contributed by atoms with van der Waals surface area (Å²) in [5.41, 5.74) is 6.82. The molecule has 0 aromatic heterocycles. The van der Waals surface area contributed by atoms with Crippen LogP contribution < -0.4 is 5.73 Å². The van der Waals surface area contributed by atoms with Crippen LogP contribution in [0.5, 0.6) is 0 Å². The van der Waals surface area contributed by atoms with Crippen LogP contribution in [-0.4, -0.2) is 32.4 Å². The van der Waals surface area contributed by atoms with Crippen molar-refractivity contribution in [3.05, 3.63) is 29.8 Å². The van der Waals surface area contributed by atoms with Crippen molar-refractivity contribution in [3.63, 3.8) is 0 Å². The molecule has 19 heavy (non-hydrogen) atoms. The van der Waals surface area contributed by atoms with Gasteiger partial charge in [0.2, 0.25) is 10.0 Å². The lowest BCUT2D eigenvalue weighted by molar-refractivity contribution is 0.446. The third-order valence-corrected chi connectivity index (χ3v) is 4.94. The molecule has 4 nitrogen and oxygen atoms in total. The Labute approximate surface area is 116 Å². The lowest BCUT2D eigenvalue weighted by atomic mass is 10.1. The molecule has 0 aliphatic heterocycles. The maximum absolute atomic E-state index is 12.3. The lowest BCUT2D eigenvalue weighted by Crippen LogP contribution is -2.31. The van der Waals surface area contributed by atoms with Crippen LogP contribution in [0.4, 0.5) is 0 Å². The maximum atomic E-state index is 12.3. The van der Waals surface area contributed by atoms with Gasteiger partial charge in [0.15, 0.2) is 0 Å². The summed E-state index contributed by atoms with van der Waals surface area (Å²) >= 11 is 0. The third-order valence-electron chi connectivity index (χ3n) is 3.07. The molecule has 1 aromatic carbocycles. The van der Waals surface area contributed by atoms with Gasteiger partial charge in [0.25, 0.3) is 0 Å². The number of aryl methyl sites for hydroxylation is 1. The zero-order chi connectivity index (χ0) is 14.5. The first-order valence-electron chi connectivity index (χ1n) is 6.68. The smallest absolute Gasteiger partial charge is 0.242 e. The molecule has 0 amide bonds. The first-order chi connectivity index (χ1) is 8.87. The summed E-state index contributed by atoms with van der Waals surface area (Å²) in [7, 11) is -1.79. The second-order valence-electron chi connectivity index (χ2n) is 4.99. The van der Waals surface area contributed by atoms with E-state index in [2.05, 4.69) is 6.92 Å². The SMILES string of the molecule is CCCc1ccc(S(=O)(=O)N(C)CCC(C)N)cc1. The molecule has 1 rings (SSSR count). The van der Waals surface area contributed by atoms with Gasteiger partial charge < -0.3 is 5.73 Å². The van der Waals surface area contributed by atoms with Crippen molar-refractivity contribution in [2.75, 3.05) is 13.6 Å². The molecule has 108 valence electrons. The minimum atomic E-state index is -3.39. The number of sulfonamides is 1. The van der Waals surface area contributed by atoms with Crippen LogP contribution in [0.15, 0.2) is 29.2 Å². The first-order valence-corrected chi connectivity index (χ1v) is 8.12. The fourth-order valence-electron chi connectivity index (χ4n) is 1.80. The second kappa shape index (κ2) is 7.03. The summed E-state index contributed by atoms with van der Waals surface area (Å²) in [6, 6.07) is 7.14. The molecule has 1 aromatic rings. The van der Waals surface area contributed by atoms with Gasteiger partial charge in [0, 0.05) is 19.6 Å². The summed E-state index contributed by atoms with van der Waals surface area (Å²) in [5.74, 6) is 0. The molecule has 1 atom stereocenters. The van der Waals surface area contributed by atoms with Crippen molar-refractivity contribution < 1.29 is 8.42 Å². The van der Waals surface area contributed by atoms with E-state index in [1.807, 2.05) is 19.1 Å². The highest BCUT2D eigenvalue weighted by Gasteiger charge is 2.20. The Bertz CT molecular complexity index is 481. The Balaban J connectivity index is 2.81. The highest BCUT2D eigenvalue weighted by Crippen LogP contribution is 2.16. The first kappa shape index (κ1) is 16.1. The van der Waals surface area contributed by atoms with E-state index < -0.39 is 10.0 Å². The van der Waals surface area contributed by atoms with Crippen LogP contribution in [0.3, 0.4) is 0 Å². The Morgan fingerprint density at radius 2 is 1.84 bits per heavy atom. The number of hydrogen-bond donors (Lipinski definition) is 1. The molecule has 0 spiro atoms. The van der Waals surface area contributed by atoms with Gasteiger partial charge in [-0.2, -0.15) is 0 Å². The van der Waals surface area contributed by atoms with Gasteiger partial charge in [-0.25, -0.2) is 12.7 Å². The van der Waals surface area contributed by atoms with Crippen LogP contribution >= 0.6 is 0 Å². The summed E-state index contributed by atoms with van der Waals surface area (Å²) in [6.45, 7) is 4.42. The Morgan fingerprint density at radius 3 is 2.32 bits per heavy atom. The van der Waals surface area contributed by atoms with E-state index in [4.69, 9.17) is 5.73 Å². The molecule has 0 saturated heterocycles. The van der Waals surface area contributed by atoms with Crippen molar-refractivity contribution >= 4 is 10.0 Å². The van der Waals surface area contributed by atoms with Gasteiger partial charge in [0.1, 0.15) is 0 Å². The predicted octanol–water partition coefficient (Wildman–Crippen LogP) is 2.00. The van der Waals surface area contributed by atoms with Crippen molar-refractivity contribution in [1.82, 2.24) is 4.31 Å². The fourth-order valence-corrected chi connectivity index (χ4v) is 2.99. The zero-order valence-electron chi connectivity index (χ0n) is 12.0. The van der Waals surface area contributed by atoms with Gasteiger partial charge in [-0.1, -0.05) is 25.5 Å². The topological polar surface area (TPSA) is 63.4 Å². The Morgan fingerprint density at radius 1 is 1.26 bits per heavy atom. The molecule has 0 heterocycles. The summed E-state index contributed by atoms with van der Waals surface area (Å²) in [6.07, 6.45) is 2.69. The summed E-state index contributed by atoms with van der Waals surface area (Å²) < 4.78 is 26.0.